The van der Waals surface area contributed by atoms with Crippen molar-refractivity contribution >= 4 is 39.1 Å². The molecular formula is C18H18BrClN2O2. The number of amides is 1. The number of carbonyl (C=O) groups excluding carboxylic acids is 1. The Morgan fingerprint density at radius 1 is 1.12 bits per heavy atom. The fourth-order valence-electron chi connectivity index (χ4n) is 2.87. The number of anilines is 1. The third-order valence-corrected chi connectivity index (χ3v) is 4.97. The minimum absolute atomic E-state index is 0.0269. The molecule has 1 amide bonds. The standard InChI is InChI=1S/C18H18BrClN2O2/c1-24-17-5-3-2-4-16(17)21-8-10-22(11-9-21)18(23)14-12-13(19)6-7-15(14)20/h2-7,12H,8-11H2,1H3. The van der Waals surface area contributed by atoms with Crippen molar-refractivity contribution in [1.29, 1.82) is 0 Å². The second-order valence-electron chi connectivity index (χ2n) is 5.58. The second-order valence-corrected chi connectivity index (χ2v) is 6.90. The lowest BCUT2D eigenvalue weighted by atomic mass is 10.1. The van der Waals surface area contributed by atoms with Crippen LogP contribution in [-0.2, 0) is 0 Å². The van der Waals surface area contributed by atoms with Crippen LogP contribution < -0.4 is 9.64 Å². The van der Waals surface area contributed by atoms with Crippen LogP contribution >= 0.6 is 27.5 Å². The van der Waals surface area contributed by atoms with Gasteiger partial charge >= 0.3 is 0 Å². The number of hydrogen-bond acceptors (Lipinski definition) is 3. The van der Waals surface area contributed by atoms with E-state index >= 15 is 0 Å². The summed E-state index contributed by atoms with van der Waals surface area (Å²) in [5.41, 5.74) is 1.60. The van der Waals surface area contributed by atoms with Gasteiger partial charge in [0.25, 0.3) is 5.91 Å². The molecule has 0 radical (unpaired) electrons. The van der Waals surface area contributed by atoms with Crippen LogP contribution in [0.2, 0.25) is 5.02 Å². The zero-order valence-electron chi connectivity index (χ0n) is 13.3. The number of ether oxygens (including phenoxy) is 1. The lowest BCUT2D eigenvalue weighted by Gasteiger charge is -2.36. The molecule has 2 aromatic rings. The predicted octanol–water partition coefficient (Wildman–Crippen LogP) is 4.07. The van der Waals surface area contributed by atoms with E-state index < -0.39 is 0 Å². The normalized spacial score (nSPS) is 14.6. The minimum atomic E-state index is -0.0269. The maximum absolute atomic E-state index is 12.7. The van der Waals surface area contributed by atoms with E-state index in [9.17, 15) is 4.79 Å². The molecular weight excluding hydrogens is 392 g/mol. The summed E-state index contributed by atoms with van der Waals surface area (Å²) in [6.45, 7) is 2.83. The zero-order chi connectivity index (χ0) is 17.1. The van der Waals surface area contributed by atoms with Gasteiger partial charge in [0.15, 0.2) is 0 Å². The van der Waals surface area contributed by atoms with Crippen LogP contribution in [0.4, 0.5) is 5.69 Å². The minimum Gasteiger partial charge on any atom is -0.495 e. The number of carbonyl (C=O) groups is 1. The first-order chi connectivity index (χ1) is 11.6. The number of piperazine rings is 1. The summed E-state index contributed by atoms with van der Waals surface area (Å²) >= 11 is 9.57. The van der Waals surface area contributed by atoms with Gasteiger partial charge in [0.05, 0.1) is 23.4 Å². The summed E-state index contributed by atoms with van der Waals surface area (Å²) in [6.07, 6.45) is 0. The Labute approximate surface area is 155 Å². The van der Waals surface area contributed by atoms with Gasteiger partial charge < -0.3 is 14.5 Å². The summed E-state index contributed by atoms with van der Waals surface area (Å²) < 4.78 is 6.28. The van der Waals surface area contributed by atoms with Gasteiger partial charge in [0.2, 0.25) is 0 Å². The summed E-state index contributed by atoms with van der Waals surface area (Å²) in [5, 5.41) is 0.482. The third kappa shape index (κ3) is 3.52. The third-order valence-electron chi connectivity index (χ3n) is 4.15. The Hall–Kier alpha value is -1.72. The molecule has 6 heteroatoms. The monoisotopic (exact) mass is 408 g/mol. The van der Waals surface area contributed by atoms with E-state index in [0.29, 0.717) is 23.7 Å². The average molecular weight is 410 g/mol. The summed E-state index contributed by atoms with van der Waals surface area (Å²) in [6, 6.07) is 13.3. The first-order valence-corrected chi connectivity index (χ1v) is 8.89. The van der Waals surface area contributed by atoms with Crippen LogP contribution in [0.3, 0.4) is 0 Å². The Morgan fingerprint density at radius 3 is 2.54 bits per heavy atom. The molecule has 0 N–H and O–H groups in total. The highest BCUT2D eigenvalue weighted by atomic mass is 79.9. The molecule has 4 nitrogen and oxygen atoms in total. The van der Waals surface area contributed by atoms with E-state index in [1.807, 2.05) is 35.2 Å². The molecule has 2 aromatic carbocycles. The van der Waals surface area contributed by atoms with E-state index in [4.69, 9.17) is 16.3 Å². The zero-order valence-corrected chi connectivity index (χ0v) is 15.7. The lowest BCUT2D eigenvalue weighted by molar-refractivity contribution is 0.0747. The van der Waals surface area contributed by atoms with Crippen molar-refractivity contribution in [2.45, 2.75) is 0 Å². The number of methoxy groups -OCH3 is 1. The first kappa shape index (κ1) is 17.1. The van der Waals surface area contributed by atoms with Crippen molar-refractivity contribution in [2.75, 3.05) is 38.2 Å². The van der Waals surface area contributed by atoms with Gasteiger partial charge in [0, 0.05) is 30.7 Å². The fraction of sp³-hybridized carbons (Fsp3) is 0.278. The van der Waals surface area contributed by atoms with Gasteiger partial charge in [-0.1, -0.05) is 39.7 Å². The summed E-state index contributed by atoms with van der Waals surface area (Å²) in [7, 11) is 1.67. The molecule has 0 saturated carbocycles. The van der Waals surface area contributed by atoms with Crippen LogP contribution in [-0.4, -0.2) is 44.1 Å². The Balaban J connectivity index is 1.71. The van der Waals surface area contributed by atoms with Crippen LogP contribution in [0.15, 0.2) is 46.9 Å². The lowest BCUT2D eigenvalue weighted by Crippen LogP contribution is -2.49. The Bertz CT molecular complexity index is 746. The molecule has 24 heavy (non-hydrogen) atoms. The number of para-hydroxylation sites is 2. The molecule has 0 aromatic heterocycles. The molecule has 126 valence electrons. The molecule has 0 unspecified atom stereocenters. The number of hydrogen-bond donors (Lipinski definition) is 0. The predicted molar refractivity (Wildman–Crippen MR) is 100 cm³/mol. The molecule has 1 heterocycles. The van der Waals surface area contributed by atoms with Crippen LogP contribution in [0.1, 0.15) is 10.4 Å². The van der Waals surface area contributed by atoms with Gasteiger partial charge in [-0.05, 0) is 30.3 Å². The molecule has 3 rings (SSSR count). The molecule has 1 aliphatic heterocycles. The molecule has 1 saturated heterocycles. The largest absolute Gasteiger partial charge is 0.495 e. The average Bonchev–Trinajstić information content (AvgIpc) is 2.63. The molecule has 0 aliphatic carbocycles. The van der Waals surface area contributed by atoms with Crippen molar-refractivity contribution in [1.82, 2.24) is 4.90 Å². The van der Waals surface area contributed by atoms with Gasteiger partial charge in [0.1, 0.15) is 5.75 Å². The summed E-state index contributed by atoms with van der Waals surface area (Å²) in [5.74, 6) is 0.827. The number of nitrogens with zero attached hydrogens (tertiary/aromatic N) is 2. The number of benzene rings is 2. The first-order valence-electron chi connectivity index (χ1n) is 7.72. The van der Waals surface area contributed by atoms with Gasteiger partial charge in [-0.3, -0.25) is 4.79 Å². The number of rotatable bonds is 3. The van der Waals surface area contributed by atoms with Crippen molar-refractivity contribution in [3.8, 4) is 5.75 Å². The molecule has 0 bridgehead atoms. The fourth-order valence-corrected chi connectivity index (χ4v) is 3.43. The molecule has 0 atom stereocenters. The quantitative estimate of drug-likeness (QED) is 0.766. The van der Waals surface area contributed by atoms with E-state index in [2.05, 4.69) is 20.8 Å². The van der Waals surface area contributed by atoms with Crippen molar-refractivity contribution < 1.29 is 9.53 Å². The molecule has 1 fully saturated rings. The van der Waals surface area contributed by atoms with Crippen molar-refractivity contribution in [2.24, 2.45) is 0 Å². The molecule has 1 aliphatic rings. The highest BCUT2D eigenvalue weighted by Gasteiger charge is 2.25. The topological polar surface area (TPSA) is 32.8 Å². The Morgan fingerprint density at radius 2 is 1.83 bits per heavy atom. The van der Waals surface area contributed by atoms with E-state index in [1.165, 1.54) is 0 Å². The number of halogens is 2. The van der Waals surface area contributed by atoms with Gasteiger partial charge in [-0.15, -0.1) is 0 Å². The highest BCUT2D eigenvalue weighted by Crippen LogP contribution is 2.29. The SMILES string of the molecule is COc1ccccc1N1CCN(C(=O)c2cc(Br)ccc2Cl)CC1. The van der Waals surface area contributed by atoms with E-state index in [-0.39, 0.29) is 5.91 Å². The maximum Gasteiger partial charge on any atom is 0.255 e. The van der Waals surface area contributed by atoms with Gasteiger partial charge in [-0.25, -0.2) is 0 Å². The van der Waals surface area contributed by atoms with Crippen molar-refractivity contribution in [3.63, 3.8) is 0 Å². The highest BCUT2D eigenvalue weighted by molar-refractivity contribution is 9.10. The van der Waals surface area contributed by atoms with Crippen LogP contribution in [0.5, 0.6) is 5.75 Å². The van der Waals surface area contributed by atoms with E-state index in [1.54, 1.807) is 19.2 Å². The van der Waals surface area contributed by atoms with Gasteiger partial charge in [-0.2, -0.15) is 0 Å². The van der Waals surface area contributed by atoms with Crippen molar-refractivity contribution in [3.05, 3.63) is 57.5 Å². The second kappa shape index (κ2) is 7.45. The van der Waals surface area contributed by atoms with E-state index in [0.717, 1.165) is 29.0 Å². The van der Waals surface area contributed by atoms with Crippen LogP contribution in [0.25, 0.3) is 0 Å². The Kier molecular flexibility index (Phi) is 5.31. The summed E-state index contributed by atoms with van der Waals surface area (Å²) in [4.78, 5) is 16.8. The molecule has 0 spiro atoms. The van der Waals surface area contributed by atoms with Crippen LogP contribution in [0, 0.1) is 0 Å². The maximum atomic E-state index is 12.7. The smallest absolute Gasteiger partial charge is 0.255 e.